The van der Waals surface area contributed by atoms with Gasteiger partial charge in [0, 0.05) is 18.3 Å². The molecule has 0 atom stereocenters. The van der Waals surface area contributed by atoms with Crippen LogP contribution in [0.1, 0.15) is 12.5 Å². The van der Waals surface area contributed by atoms with Crippen LogP contribution in [-0.4, -0.2) is 18.4 Å². The van der Waals surface area contributed by atoms with E-state index in [0.717, 1.165) is 12.1 Å². The van der Waals surface area contributed by atoms with Crippen LogP contribution in [0.25, 0.3) is 0 Å². The molecule has 2 aromatic carbocycles. The Morgan fingerprint density at radius 3 is 2.28 bits per heavy atom. The SMILES string of the molecule is CC(=O)Nc1cccc(NC(=O)COc2cccc(C(F)(F)F)c2)c1. The van der Waals surface area contributed by atoms with Gasteiger partial charge in [-0.05, 0) is 36.4 Å². The highest BCUT2D eigenvalue weighted by Gasteiger charge is 2.30. The molecule has 0 radical (unpaired) electrons. The number of ether oxygens (including phenoxy) is 1. The molecule has 0 aliphatic rings. The zero-order valence-corrected chi connectivity index (χ0v) is 13.2. The van der Waals surface area contributed by atoms with Crippen molar-refractivity contribution in [2.75, 3.05) is 17.2 Å². The van der Waals surface area contributed by atoms with Gasteiger partial charge in [0.05, 0.1) is 5.56 Å². The molecule has 0 bridgehead atoms. The third-order valence-electron chi connectivity index (χ3n) is 3.00. The molecule has 0 aromatic heterocycles. The molecule has 132 valence electrons. The number of carbonyl (C=O) groups is 2. The number of rotatable bonds is 5. The number of hydrogen-bond donors (Lipinski definition) is 2. The smallest absolute Gasteiger partial charge is 0.416 e. The maximum absolute atomic E-state index is 12.6. The molecule has 0 aliphatic heterocycles. The number of amides is 2. The normalized spacial score (nSPS) is 10.9. The molecule has 0 heterocycles. The van der Waals surface area contributed by atoms with Crippen molar-refractivity contribution in [3.8, 4) is 5.75 Å². The van der Waals surface area contributed by atoms with Gasteiger partial charge in [0.25, 0.3) is 5.91 Å². The maximum atomic E-state index is 12.6. The minimum Gasteiger partial charge on any atom is -0.484 e. The highest BCUT2D eigenvalue weighted by molar-refractivity contribution is 5.94. The Morgan fingerprint density at radius 1 is 1.00 bits per heavy atom. The van der Waals surface area contributed by atoms with Crippen LogP contribution in [-0.2, 0) is 15.8 Å². The first-order valence-electron chi connectivity index (χ1n) is 7.21. The summed E-state index contributed by atoms with van der Waals surface area (Å²) in [5, 5.41) is 5.10. The Labute approximate surface area is 141 Å². The number of nitrogens with one attached hydrogen (secondary N) is 2. The summed E-state index contributed by atoms with van der Waals surface area (Å²) in [4.78, 5) is 22.9. The van der Waals surface area contributed by atoms with Gasteiger partial charge in [-0.25, -0.2) is 0 Å². The van der Waals surface area contributed by atoms with Crippen LogP contribution in [0.4, 0.5) is 24.5 Å². The van der Waals surface area contributed by atoms with Crippen LogP contribution in [0.15, 0.2) is 48.5 Å². The minimum absolute atomic E-state index is 0.0584. The number of benzene rings is 2. The topological polar surface area (TPSA) is 67.4 Å². The first kappa shape index (κ1) is 18.3. The van der Waals surface area contributed by atoms with Gasteiger partial charge >= 0.3 is 6.18 Å². The molecule has 0 unspecified atom stereocenters. The van der Waals surface area contributed by atoms with Crippen molar-refractivity contribution >= 4 is 23.2 Å². The van der Waals surface area contributed by atoms with Gasteiger partial charge in [-0.2, -0.15) is 13.2 Å². The molecule has 2 rings (SSSR count). The summed E-state index contributed by atoms with van der Waals surface area (Å²) in [7, 11) is 0. The zero-order valence-electron chi connectivity index (χ0n) is 13.2. The predicted molar refractivity (Wildman–Crippen MR) is 86.3 cm³/mol. The van der Waals surface area contributed by atoms with E-state index in [9.17, 15) is 22.8 Å². The molecular formula is C17H15F3N2O3. The number of alkyl halides is 3. The lowest BCUT2D eigenvalue weighted by atomic mass is 10.2. The summed E-state index contributed by atoms with van der Waals surface area (Å²) in [5.74, 6) is -0.856. The third-order valence-corrected chi connectivity index (χ3v) is 3.00. The summed E-state index contributed by atoms with van der Waals surface area (Å²) in [5.41, 5.74) is 0.0707. The van der Waals surface area contributed by atoms with Gasteiger partial charge in [0.15, 0.2) is 6.61 Å². The lowest BCUT2D eigenvalue weighted by Gasteiger charge is -2.11. The van der Waals surface area contributed by atoms with Gasteiger partial charge in [0.1, 0.15) is 5.75 Å². The van der Waals surface area contributed by atoms with Crippen LogP contribution in [0.5, 0.6) is 5.75 Å². The fourth-order valence-electron chi connectivity index (χ4n) is 1.99. The minimum atomic E-state index is -4.48. The van der Waals surface area contributed by atoms with Crippen LogP contribution >= 0.6 is 0 Å². The average Bonchev–Trinajstić information content (AvgIpc) is 2.52. The fraction of sp³-hybridized carbons (Fsp3) is 0.176. The van der Waals surface area contributed by atoms with Gasteiger partial charge < -0.3 is 15.4 Å². The largest absolute Gasteiger partial charge is 0.484 e. The van der Waals surface area contributed by atoms with Crippen molar-refractivity contribution in [3.05, 3.63) is 54.1 Å². The second-order valence-electron chi connectivity index (χ2n) is 5.12. The molecule has 0 saturated heterocycles. The highest BCUT2D eigenvalue weighted by Crippen LogP contribution is 2.31. The zero-order chi connectivity index (χ0) is 18.4. The highest BCUT2D eigenvalue weighted by atomic mass is 19.4. The van der Waals surface area contributed by atoms with E-state index in [1.807, 2.05) is 0 Å². The van der Waals surface area contributed by atoms with E-state index in [4.69, 9.17) is 4.74 Å². The first-order chi connectivity index (χ1) is 11.7. The van der Waals surface area contributed by atoms with Crippen molar-refractivity contribution in [2.24, 2.45) is 0 Å². The van der Waals surface area contributed by atoms with Gasteiger partial charge in [-0.15, -0.1) is 0 Å². The summed E-state index contributed by atoms with van der Waals surface area (Å²) in [6.45, 7) is 0.903. The fourth-order valence-corrected chi connectivity index (χ4v) is 1.99. The van der Waals surface area contributed by atoms with Crippen molar-refractivity contribution < 1.29 is 27.5 Å². The molecule has 0 aliphatic carbocycles. The van der Waals surface area contributed by atoms with Crippen LogP contribution in [0.2, 0.25) is 0 Å². The van der Waals surface area contributed by atoms with E-state index in [1.54, 1.807) is 24.3 Å². The van der Waals surface area contributed by atoms with E-state index in [2.05, 4.69) is 10.6 Å². The quantitative estimate of drug-likeness (QED) is 0.863. The van der Waals surface area contributed by atoms with Gasteiger partial charge in [0.2, 0.25) is 5.91 Å². The molecule has 2 N–H and O–H groups in total. The molecule has 5 nitrogen and oxygen atoms in total. The molecule has 0 saturated carbocycles. The number of anilines is 2. The monoisotopic (exact) mass is 352 g/mol. The molecule has 2 aromatic rings. The van der Waals surface area contributed by atoms with E-state index < -0.39 is 24.3 Å². The van der Waals surface area contributed by atoms with Crippen molar-refractivity contribution in [1.29, 1.82) is 0 Å². The number of hydrogen-bond acceptors (Lipinski definition) is 3. The van der Waals surface area contributed by atoms with Crippen molar-refractivity contribution in [1.82, 2.24) is 0 Å². The lowest BCUT2D eigenvalue weighted by Crippen LogP contribution is -2.20. The summed E-state index contributed by atoms with van der Waals surface area (Å²) >= 11 is 0. The first-order valence-corrected chi connectivity index (χ1v) is 7.21. The standard InChI is InChI=1S/C17H15F3N2O3/c1-11(23)21-13-5-3-6-14(9-13)22-16(24)10-25-15-7-2-4-12(8-15)17(18,19)20/h2-9H,10H2,1H3,(H,21,23)(H,22,24). The second-order valence-corrected chi connectivity index (χ2v) is 5.12. The molecule has 25 heavy (non-hydrogen) atoms. The third kappa shape index (κ3) is 5.83. The van der Waals surface area contributed by atoms with Crippen LogP contribution in [0.3, 0.4) is 0 Å². The number of carbonyl (C=O) groups excluding carboxylic acids is 2. The van der Waals surface area contributed by atoms with E-state index in [1.165, 1.54) is 19.1 Å². The Bertz CT molecular complexity index is 776. The Kier molecular flexibility index (Phi) is 5.63. The summed E-state index contributed by atoms with van der Waals surface area (Å²) < 4.78 is 42.9. The van der Waals surface area contributed by atoms with Crippen LogP contribution in [0, 0.1) is 0 Å². The van der Waals surface area contributed by atoms with Gasteiger partial charge in [-0.1, -0.05) is 12.1 Å². The lowest BCUT2D eigenvalue weighted by molar-refractivity contribution is -0.137. The Balaban J connectivity index is 1.94. The van der Waals surface area contributed by atoms with Crippen molar-refractivity contribution in [3.63, 3.8) is 0 Å². The van der Waals surface area contributed by atoms with E-state index >= 15 is 0 Å². The molecular weight excluding hydrogens is 337 g/mol. The average molecular weight is 352 g/mol. The van der Waals surface area contributed by atoms with Crippen molar-refractivity contribution in [2.45, 2.75) is 13.1 Å². The predicted octanol–water partition coefficient (Wildman–Crippen LogP) is 3.68. The molecule has 8 heteroatoms. The Morgan fingerprint density at radius 2 is 1.64 bits per heavy atom. The molecule has 2 amide bonds. The van der Waals surface area contributed by atoms with E-state index in [-0.39, 0.29) is 11.7 Å². The Hall–Kier alpha value is -3.03. The van der Waals surface area contributed by atoms with Gasteiger partial charge in [-0.3, -0.25) is 9.59 Å². The second kappa shape index (κ2) is 7.69. The number of halogens is 3. The summed E-state index contributed by atoms with van der Waals surface area (Å²) in [6, 6.07) is 10.7. The molecule has 0 spiro atoms. The molecule has 0 fully saturated rings. The van der Waals surface area contributed by atoms with Crippen LogP contribution < -0.4 is 15.4 Å². The summed E-state index contributed by atoms with van der Waals surface area (Å²) in [6.07, 6.45) is -4.48. The van der Waals surface area contributed by atoms with E-state index in [0.29, 0.717) is 11.4 Å². The maximum Gasteiger partial charge on any atom is 0.416 e.